The lowest BCUT2D eigenvalue weighted by Crippen LogP contribution is -2.33. The summed E-state index contributed by atoms with van der Waals surface area (Å²) in [4.78, 5) is 11.1. The lowest BCUT2D eigenvalue weighted by atomic mass is 9.81. The van der Waals surface area contributed by atoms with Crippen molar-refractivity contribution >= 4 is 5.97 Å². The Morgan fingerprint density at radius 3 is 2.41 bits per heavy atom. The molecule has 94 valence electrons. The molecule has 1 aromatic carbocycles. The fraction of sp³-hybridized carbons (Fsp3) is 0.462. The average Bonchev–Trinajstić information content (AvgIpc) is 2.18. The quantitative estimate of drug-likeness (QED) is 0.845. The van der Waals surface area contributed by atoms with E-state index in [1.165, 1.54) is 6.07 Å². The predicted molar refractivity (Wildman–Crippen MR) is 64.2 cm³/mol. The maximum absolute atomic E-state index is 11.1. The third kappa shape index (κ3) is 3.66. The Hall–Kier alpha value is -1.71. The van der Waals surface area contributed by atoms with Gasteiger partial charge in [-0.2, -0.15) is 0 Å². The van der Waals surface area contributed by atoms with Gasteiger partial charge in [0.2, 0.25) is 0 Å². The van der Waals surface area contributed by atoms with Crippen LogP contribution in [0, 0.1) is 11.3 Å². The summed E-state index contributed by atoms with van der Waals surface area (Å²) in [6.45, 7) is 5.58. The largest absolute Gasteiger partial charge is 0.504 e. The smallest absolute Gasteiger partial charge is 0.310 e. The third-order valence-corrected chi connectivity index (χ3v) is 2.61. The highest BCUT2D eigenvalue weighted by Gasteiger charge is 2.32. The zero-order valence-corrected chi connectivity index (χ0v) is 10.3. The number of hydrogen-bond donors (Lipinski definition) is 2. The van der Waals surface area contributed by atoms with E-state index in [0.717, 1.165) is 0 Å². The van der Waals surface area contributed by atoms with Gasteiger partial charge >= 0.3 is 5.97 Å². The molecule has 17 heavy (non-hydrogen) atoms. The van der Waals surface area contributed by atoms with Crippen LogP contribution in [0.2, 0.25) is 0 Å². The molecule has 1 rings (SSSR count). The molecular weight excluding hydrogens is 220 g/mol. The standard InChI is InChI=1S/C13H18O4/c1-13(2,3)9(12(15)16)8-17-11-7-5-4-6-10(11)14/h4-7,9,14H,8H2,1-3H3,(H,15,16). The molecule has 0 aliphatic heterocycles. The maximum Gasteiger partial charge on any atom is 0.310 e. The fourth-order valence-corrected chi connectivity index (χ4v) is 1.44. The number of para-hydroxylation sites is 2. The fourth-order valence-electron chi connectivity index (χ4n) is 1.44. The molecule has 0 fully saturated rings. The Morgan fingerprint density at radius 1 is 1.35 bits per heavy atom. The average molecular weight is 238 g/mol. The molecule has 4 nitrogen and oxygen atoms in total. The molecule has 0 saturated carbocycles. The Morgan fingerprint density at radius 2 is 1.94 bits per heavy atom. The molecule has 0 aromatic heterocycles. The van der Waals surface area contributed by atoms with E-state index in [1.54, 1.807) is 18.2 Å². The Labute approximate surface area is 101 Å². The van der Waals surface area contributed by atoms with Crippen LogP contribution in [-0.4, -0.2) is 22.8 Å². The highest BCUT2D eigenvalue weighted by Crippen LogP contribution is 2.29. The Bertz CT molecular complexity index is 393. The summed E-state index contributed by atoms with van der Waals surface area (Å²) in [6, 6.07) is 6.52. The summed E-state index contributed by atoms with van der Waals surface area (Å²) in [6.07, 6.45) is 0. The number of phenols is 1. The number of aromatic hydroxyl groups is 1. The van der Waals surface area contributed by atoms with E-state index in [1.807, 2.05) is 20.8 Å². The molecule has 1 aromatic rings. The lowest BCUT2D eigenvalue weighted by Gasteiger charge is -2.26. The van der Waals surface area contributed by atoms with E-state index in [4.69, 9.17) is 9.84 Å². The van der Waals surface area contributed by atoms with Crippen molar-refractivity contribution in [1.82, 2.24) is 0 Å². The highest BCUT2D eigenvalue weighted by atomic mass is 16.5. The predicted octanol–water partition coefficient (Wildman–Crippen LogP) is 2.52. The number of carboxylic acids is 1. The summed E-state index contributed by atoms with van der Waals surface area (Å²) < 4.78 is 5.36. The van der Waals surface area contributed by atoms with Crippen LogP contribution in [0.15, 0.2) is 24.3 Å². The normalized spacial score (nSPS) is 13.1. The molecule has 0 bridgehead atoms. The van der Waals surface area contributed by atoms with E-state index in [0.29, 0.717) is 5.75 Å². The molecule has 0 saturated heterocycles. The minimum absolute atomic E-state index is 0.0190. The highest BCUT2D eigenvalue weighted by molar-refractivity contribution is 5.71. The minimum atomic E-state index is -0.895. The van der Waals surface area contributed by atoms with Gasteiger partial charge in [-0.3, -0.25) is 4.79 Å². The van der Waals surface area contributed by atoms with Gasteiger partial charge in [0.05, 0.1) is 5.92 Å². The molecule has 0 amide bonds. The first-order valence-electron chi connectivity index (χ1n) is 5.46. The van der Waals surface area contributed by atoms with Crippen LogP contribution in [0.3, 0.4) is 0 Å². The van der Waals surface area contributed by atoms with Crippen molar-refractivity contribution in [2.45, 2.75) is 20.8 Å². The van der Waals surface area contributed by atoms with Gasteiger partial charge in [-0.05, 0) is 17.5 Å². The van der Waals surface area contributed by atoms with E-state index in [9.17, 15) is 9.90 Å². The van der Waals surface area contributed by atoms with Crippen molar-refractivity contribution in [3.8, 4) is 11.5 Å². The molecule has 0 radical (unpaired) electrons. The van der Waals surface area contributed by atoms with E-state index in [2.05, 4.69) is 0 Å². The van der Waals surface area contributed by atoms with Gasteiger partial charge in [0, 0.05) is 0 Å². The van der Waals surface area contributed by atoms with Gasteiger partial charge in [0.25, 0.3) is 0 Å². The molecule has 0 aliphatic carbocycles. The molecule has 0 aliphatic rings. The number of rotatable bonds is 4. The lowest BCUT2D eigenvalue weighted by molar-refractivity contribution is -0.146. The van der Waals surface area contributed by atoms with Crippen molar-refractivity contribution in [3.05, 3.63) is 24.3 Å². The van der Waals surface area contributed by atoms with Crippen LogP contribution in [0.4, 0.5) is 0 Å². The van der Waals surface area contributed by atoms with Gasteiger partial charge in [-0.1, -0.05) is 32.9 Å². The molecule has 1 unspecified atom stereocenters. The first-order valence-corrected chi connectivity index (χ1v) is 5.46. The van der Waals surface area contributed by atoms with Crippen molar-refractivity contribution in [3.63, 3.8) is 0 Å². The number of ether oxygens (including phenoxy) is 1. The van der Waals surface area contributed by atoms with Crippen molar-refractivity contribution in [2.24, 2.45) is 11.3 Å². The summed E-state index contributed by atoms with van der Waals surface area (Å²) in [7, 11) is 0. The van der Waals surface area contributed by atoms with Gasteiger partial charge in [-0.25, -0.2) is 0 Å². The zero-order valence-electron chi connectivity index (χ0n) is 10.3. The van der Waals surface area contributed by atoms with Crippen LogP contribution in [-0.2, 0) is 4.79 Å². The summed E-state index contributed by atoms with van der Waals surface area (Å²) >= 11 is 0. The van der Waals surface area contributed by atoms with Crippen molar-refractivity contribution < 1.29 is 19.7 Å². The Kier molecular flexibility index (Phi) is 3.99. The van der Waals surface area contributed by atoms with E-state index in [-0.39, 0.29) is 12.4 Å². The number of benzene rings is 1. The summed E-state index contributed by atoms with van der Waals surface area (Å²) in [5, 5.41) is 18.6. The first kappa shape index (κ1) is 13.4. The SMILES string of the molecule is CC(C)(C)C(COc1ccccc1O)C(=O)O. The summed E-state index contributed by atoms with van der Waals surface area (Å²) in [5.41, 5.74) is -0.393. The summed E-state index contributed by atoms with van der Waals surface area (Å²) in [5.74, 6) is -1.19. The van der Waals surface area contributed by atoms with Crippen LogP contribution >= 0.6 is 0 Å². The van der Waals surface area contributed by atoms with Crippen LogP contribution in [0.5, 0.6) is 11.5 Å². The molecule has 2 N–H and O–H groups in total. The van der Waals surface area contributed by atoms with E-state index >= 15 is 0 Å². The number of carboxylic acid groups (broad SMARTS) is 1. The second-order valence-electron chi connectivity index (χ2n) is 5.04. The number of aliphatic carboxylic acids is 1. The van der Waals surface area contributed by atoms with Crippen molar-refractivity contribution in [1.29, 1.82) is 0 Å². The van der Waals surface area contributed by atoms with Gasteiger partial charge in [-0.15, -0.1) is 0 Å². The monoisotopic (exact) mass is 238 g/mol. The number of phenolic OH excluding ortho intramolecular Hbond substituents is 1. The topological polar surface area (TPSA) is 66.8 Å². The minimum Gasteiger partial charge on any atom is -0.504 e. The maximum atomic E-state index is 11.1. The first-order chi connectivity index (χ1) is 7.82. The van der Waals surface area contributed by atoms with Gasteiger partial charge < -0.3 is 14.9 Å². The van der Waals surface area contributed by atoms with Gasteiger partial charge in [0.1, 0.15) is 6.61 Å². The molecule has 4 heteroatoms. The second kappa shape index (κ2) is 5.08. The molecule has 1 atom stereocenters. The number of hydrogen-bond acceptors (Lipinski definition) is 3. The number of carbonyl (C=O) groups is 1. The van der Waals surface area contributed by atoms with Crippen LogP contribution < -0.4 is 4.74 Å². The molecule has 0 spiro atoms. The third-order valence-electron chi connectivity index (χ3n) is 2.61. The Balaban J connectivity index is 2.72. The van der Waals surface area contributed by atoms with Crippen LogP contribution in [0.1, 0.15) is 20.8 Å². The van der Waals surface area contributed by atoms with Gasteiger partial charge in [0.15, 0.2) is 11.5 Å². The second-order valence-corrected chi connectivity index (χ2v) is 5.04. The van der Waals surface area contributed by atoms with Crippen molar-refractivity contribution in [2.75, 3.05) is 6.61 Å². The molecular formula is C13H18O4. The van der Waals surface area contributed by atoms with Crippen LogP contribution in [0.25, 0.3) is 0 Å². The van der Waals surface area contributed by atoms with E-state index < -0.39 is 17.3 Å². The zero-order chi connectivity index (χ0) is 13.1. The molecule has 0 heterocycles.